The highest BCUT2D eigenvalue weighted by Crippen LogP contribution is 2.38. The van der Waals surface area contributed by atoms with Crippen LogP contribution in [0.5, 0.6) is 11.5 Å². The molecule has 1 aromatic carbocycles. The van der Waals surface area contributed by atoms with Crippen LogP contribution >= 0.6 is 23.2 Å². The number of halogens is 2. The number of aromatic amines is 1. The van der Waals surface area contributed by atoms with Crippen molar-refractivity contribution in [2.24, 2.45) is 0 Å². The maximum Gasteiger partial charge on any atom is 0.148 e. The largest absolute Gasteiger partial charge is 0.494 e. The third-order valence-corrected chi connectivity index (χ3v) is 6.70. The number of fused-ring (bicyclic) bond motifs is 1. The Morgan fingerprint density at radius 3 is 2.63 bits per heavy atom. The molecule has 4 aromatic rings. The molecule has 0 saturated carbocycles. The zero-order chi connectivity index (χ0) is 24.4. The third kappa shape index (κ3) is 5.08. The molecule has 0 radical (unpaired) electrons. The van der Waals surface area contributed by atoms with Crippen LogP contribution in [-0.4, -0.2) is 69.8 Å². The second-order valence-corrected chi connectivity index (χ2v) is 9.16. The van der Waals surface area contributed by atoms with E-state index >= 15 is 0 Å². The summed E-state index contributed by atoms with van der Waals surface area (Å²) in [6, 6.07) is 3.75. The molecule has 0 unspecified atom stereocenters. The minimum absolute atomic E-state index is 0.404. The number of methoxy groups -OCH3 is 1. The summed E-state index contributed by atoms with van der Waals surface area (Å²) in [4.78, 5) is 6.39. The number of aromatic nitrogens is 5. The Balaban J connectivity index is 1.40. The monoisotopic (exact) mass is 516 g/mol. The molecule has 0 spiro atoms. The van der Waals surface area contributed by atoms with Gasteiger partial charge in [0.05, 0.1) is 43.1 Å². The maximum atomic E-state index is 6.32. The molecule has 35 heavy (non-hydrogen) atoms. The Hall–Kier alpha value is -2.85. The lowest BCUT2D eigenvalue weighted by Gasteiger charge is -2.26. The zero-order valence-corrected chi connectivity index (χ0v) is 21.0. The Labute approximate surface area is 212 Å². The number of nitrogens with one attached hydrogen (secondary N) is 1. The molecule has 1 atom stereocenters. The van der Waals surface area contributed by atoms with Gasteiger partial charge in [0, 0.05) is 60.8 Å². The van der Waals surface area contributed by atoms with E-state index in [1.807, 2.05) is 36.1 Å². The van der Waals surface area contributed by atoms with Crippen LogP contribution in [0.25, 0.3) is 22.2 Å². The zero-order valence-electron chi connectivity index (χ0n) is 19.5. The first-order chi connectivity index (χ1) is 17.0. The molecule has 1 N–H and O–H groups in total. The molecule has 0 bridgehead atoms. The summed E-state index contributed by atoms with van der Waals surface area (Å²) in [5, 5.41) is 14.0. The van der Waals surface area contributed by atoms with Gasteiger partial charge in [-0.2, -0.15) is 10.2 Å². The molecule has 1 fully saturated rings. The summed E-state index contributed by atoms with van der Waals surface area (Å²) < 4.78 is 19.2. The molecule has 5 rings (SSSR count). The second kappa shape index (κ2) is 10.4. The van der Waals surface area contributed by atoms with Gasteiger partial charge in [-0.3, -0.25) is 19.7 Å². The van der Waals surface area contributed by atoms with Crippen molar-refractivity contribution in [1.82, 2.24) is 29.9 Å². The van der Waals surface area contributed by atoms with Crippen LogP contribution in [0.15, 0.2) is 36.9 Å². The lowest BCUT2D eigenvalue weighted by atomic mass is 10.1. The van der Waals surface area contributed by atoms with Crippen LogP contribution in [-0.2, 0) is 11.3 Å². The lowest BCUT2D eigenvalue weighted by Crippen LogP contribution is -2.38. The average Bonchev–Trinajstić information content (AvgIpc) is 3.50. The Morgan fingerprint density at radius 2 is 1.89 bits per heavy atom. The minimum atomic E-state index is -0.404. The average molecular weight is 517 g/mol. The molecule has 1 saturated heterocycles. The number of ether oxygens (including phenoxy) is 3. The number of morpholine rings is 1. The summed E-state index contributed by atoms with van der Waals surface area (Å²) in [5.41, 5.74) is 3.14. The molecule has 1 aliphatic rings. The number of hydrogen-bond acceptors (Lipinski definition) is 7. The first-order valence-corrected chi connectivity index (χ1v) is 12.1. The van der Waals surface area contributed by atoms with Crippen molar-refractivity contribution < 1.29 is 14.2 Å². The first kappa shape index (κ1) is 23.9. The smallest absolute Gasteiger partial charge is 0.148 e. The van der Waals surface area contributed by atoms with Crippen LogP contribution in [0.2, 0.25) is 10.0 Å². The van der Waals surface area contributed by atoms with Crippen LogP contribution in [0.3, 0.4) is 0 Å². The summed E-state index contributed by atoms with van der Waals surface area (Å²) in [6.07, 6.45) is 6.54. The van der Waals surface area contributed by atoms with Crippen molar-refractivity contribution in [3.05, 3.63) is 52.5 Å². The van der Waals surface area contributed by atoms with Crippen molar-refractivity contribution in [2.45, 2.75) is 19.6 Å². The third-order valence-electron chi connectivity index (χ3n) is 6.10. The standard InChI is InChI=1S/C24H26Cl2N6O3/c1-15(22-19(25)12-27-13-20(22)26)35-17-9-18-23(29-30-24(18)21(10-17)33-2)16-11-28-32(14-16)4-3-31-5-7-34-8-6-31/h9-15H,3-8H2,1-2H3,(H,29,30)/t15-/m1/s1. The Kier molecular flexibility index (Phi) is 7.10. The number of pyridine rings is 1. The minimum Gasteiger partial charge on any atom is -0.494 e. The normalized spacial score (nSPS) is 15.4. The number of nitrogens with zero attached hydrogens (tertiary/aromatic N) is 5. The summed E-state index contributed by atoms with van der Waals surface area (Å²) in [7, 11) is 1.61. The Morgan fingerprint density at radius 1 is 1.11 bits per heavy atom. The molecule has 0 amide bonds. The van der Waals surface area contributed by atoms with Gasteiger partial charge in [-0.05, 0) is 13.0 Å². The van der Waals surface area contributed by atoms with E-state index in [1.165, 1.54) is 0 Å². The van der Waals surface area contributed by atoms with E-state index < -0.39 is 6.10 Å². The predicted octanol–water partition coefficient (Wildman–Crippen LogP) is 4.61. The topological polar surface area (TPSA) is 90.3 Å². The highest BCUT2D eigenvalue weighted by molar-refractivity contribution is 6.35. The molecular weight excluding hydrogens is 491 g/mol. The van der Waals surface area contributed by atoms with Crippen LogP contribution in [0.4, 0.5) is 0 Å². The van der Waals surface area contributed by atoms with E-state index in [-0.39, 0.29) is 0 Å². The van der Waals surface area contributed by atoms with Gasteiger partial charge >= 0.3 is 0 Å². The van der Waals surface area contributed by atoms with Gasteiger partial charge in [0.15, 0.2) is 0 Å². The van der Waals surface area contributed by atoms with Crippen LogP contribution < -0.4 is 9.47 Å². The van der Waals surface area contributed by atoms with Crippen LogP contribution in [0, 0.1) is 0 Å². The fourth-order valence-corrected chi connectivity index (χ4v) is 4.93. The van der Waals surface area contributed by atoms with Gasteiger partial charge in [-0.25, -0.2) is 0 Å². The fraction of sp³-hybridized carbons (Fsp3) is 0.375. The van der Waals surface area contributed by atoms with Gasteiger partial charge < -0.3 is 14.2 Å². The second-order valence-electron chi connectivity index (χ2n) is 8.34. The van der Waals surface area contributed by atoms with Gasteiger partial charge in [-0.1, -0.05) is 23.2 Å². The molecule has 9 nitrogen and oxygen atoms in total. The molecule has 4 heterocycles. The van der Waals surface area contributed by atoms with Crippen molar-refractivity contribution in [3.8, 4) is 22.8 Å². The van der Waals surface area contributed by atoms with Gasteiger partial charge in [0.2, 0.25) is 0 Å². The predicted molar refractivity (Wildman–Crippen MR) is 134 cm³/mol. The maximum absolute atomic E-state index is 6.32. The number of H-pyrrole nitrogens is 1. The van der Waals surface area contributed by atoms with E-state index in [9.17, 15) is 0 Å². The first-order valence-electron chi connectivity index (χ1n) is 11.4. The van der Waals surface area contributed by atoms with E-state index in [0.717, 1.165) is 61.6 Å². The van der Waals surface area contributed by atoms with Gasteiger partial charge in [0.25, 0.3) is 0 Å². The van der Waals surface area contributed by atoms with Crippen molar-refractivity contribution >= 4 is 34.1 Å². The fourth-order valence-electron chi connectivity index (χ4n) is 4.26. The summed E-state index contributed by atoms with van der Waals surface area (Å²) in [6.45, 7) is 7.09. The molecule has 0 aliphatic carbocycles. The van der Waals surface area contributed by atoms with E-state index in [2.05, 4.69) is 25.2 Å². The van der Waals surface area contributed by atoms with Crippen molar-refractivity contribution in [2.75, 3.05) is 40.0 Å². The summed E-state index contributed by atoms with van der Waals surface area (Å²) in [5.74, 6) is 1.23. The van der Waals surface area contributed by atoms with E-state index in [4.69, 9.17) is 37.4 Å². The van der Waals surface area contributed by atoms with E-state index in [0.29, 0.717) is 27.1 Å². The van der Waals surface area contributed by atoms with Crippen LogP contribution in [0.1, 0.15) is 18.6 Å². The highest BCUT2D eigenvalue weighted by Gasteiger charge is 2.20. The summed E-state index contributed by atoms with van der Waals surface area (Å²) >= 11 is 12.6. The molecule has 3 aromatic heterocycles. The molecule has 1 aliphatic heterocycles. The molecular formula is C24H26Cl2N6O3. The number of benzene rings is 1. The lowest BCUT2D eigenvalue weighted by molar-refractivity contribution is 0.0360. The van der Waals surface area contributed by atoms with Crippen molar-refractivity contribution in [3.63, 3.8) is 0 Å². The van der Waals surface area contributed by atoms with Crippen molar-refractivity contribution in [1.29, 1.82) is 0 Å². The molecule has 11 heteroatoms. The van der Waals surface area contributed by atoms with Gasteiger partial charge in [-0.15, -0.1) is 0 Å². The highest BCUT2D eigenvalue weighted by atomic mass is 35.5. The Bertz CT molecular complexity index is 1300. The molecule has 184 valence electrons. The van der Waals surface area contributed by atoms with Gasteiger partial charge in [0.1, 0.15) is 28.8 Å². The quantitative estimate of drug-likeness (QED) is 0.365. The van der Waals surface area contributed by atoms with E-state index in [1.54, 1.807) is 19.5 Å². The SMILES string of the molecule is COc1cc(O[C@H](C)c2c(Cl)cncc2Cl)cc2c(-c3cnn(CCN4CCOCC4)c3)n[nH]c12. The number of hydrogen-bond donors (Lipinski definition) is 1. The number of rotatable bonds is 8.